The highest BCUT2D eigenvalue weighted by molar-refractivity contribution is 9.10. The molecule has 0 saturated carbocycles. The molecule has 0 fully saturated rings. The smallest absolute Gasteiger partial charge is 0.244 e. The van der Waals surface area contributed by atoms with Crippen molar-refractivity contribution in [1.29, 1.82) is 0 Å². The average Bonchev–Trinajstić information content (AvgIpc) is 2.37. The van der Waals surface area contributed by atoms with Gasteiger partial charge >= 0.3 is 0 Å². The summed E-state index contributed by atoms with van der Waals surface area (Å²) in [5, 5.41) is 0. The molecule has 7 heteroatoms. The molecule has 5 nitrogen and oxygen atoms in total. The molecule has 20 heavy (non-hydrogen) atoms. The largest absolute Gasteiger partial charge is 0.495 e. The zero-order chi connectivity index (χ0) is 15.3. The minimum Gasteiger partial charge on any atom is -0.495 e. The van der Waals surface area contributed by atoms with Crippen LogP contribution in [0.25, 0.3) is 0 Å². The zero-order valence-electron chi connectivity index (χ0n) is 11.9. The van der Waals surface area contributed by atoms with E-state index >= 15 is 0 Å². The Hall–Kier alpha value is -0.790. The van der Waals surface area contributed by atoms with Gasteiger partial charge in [0.05, 0.1) is 7.11 Å². The van der Waals surface area contributed by atoms with Crippen LogP contribution in [0.1, 0.15) is 26.7 Å². The van der Waals surface area contributed by atoms with Crippen molar-refractivity contribution < 1.29 is 13.2 Å². The molecular weight excluding hydrogens is 344 g/mol. The van der Waals surface area contributed by atoms with Crippen LogP contribution >= 0.6 is 15.9 Å². The van der Waals surface area contributed by atoms with Crippen molar-refractivity contribution >= 4 is 31.6 Å². The molecule has 0 spiro atoms. The van der Waals surface area contributed by atoms with Gasteiger partial charge in [-0.2, -0.15) is 0 Å². The third-order valence-electron chi connectivity index (χ3n) is 2.82. The molecule has 0 unspecified atom stereocenters. The molecule has 0 saturated heterocycles. The molecule has 0 bridgehead atoms. The molecule has 0 atom stereocenters. The van der Waals surface area contributed by atoms with Gasteiger partial charge in [-0.05, 0) is 46.8 Å². The summed E-state index contributed by atoms with van der Waals surface area (Å²) in [6, 6.07) is 2.95. The third kappa shape index (κ3) is 4.64. The van der Waals surface area contributed by atoms with Crippen molar-refractivity contribution in [3.63, 3.8) is 0 Å². The Kier molecular flexibility index (Phi) is 6.29. The summed E-state index contributed by atoms with van der Waals surface area (Å²) in [6.45, 7) is 4.61. The van der Waals surface area contributed by atoms with Crippen LogP contribution in [0, 0.1) is 5.92 Å². The van der Waals surface area contributed by atoms with Crippen LogP contribution in [0.5, 0.6) is 5.75 Å². The van der Waals surface area contributed by atoms with Gasteiger partial charge in [0.2, 0.25) is 10.0 Å². The average molecular weight is 365 g/mol. The van der Waals surface area contributed by atoms with E-state index < -0.39 is 10.0 Å². The van der Waals surface area contributed by atoms with E-state index in [9.17, 15) is 8.42 Å². The number of halogens is 1. The van der Waals surface area contributed by atoms with Gasteiger partial charge in [0.15, 0.2) is 0 Å². The van der Waals surface area contributed by atoms with Crippen LogP contribution < -0.4 is 15.2 Å². The molecule has 3 N–H and O–H groups in total. The molecule has 1 rings (SSSR count). The lowest BCUT2D eigenvalue weighted by atomic mass is 10.1. The number of nitrogens with two attached hydrogens (primary N) is 1. The van der Waals surface area contributed by atoms with E-state index in [0.717, 1.165) is 12.8 Å². The van der Waals surface area contributed by atoms with Gasteiger partial charge in [0, 0.05) is 16.7 Å². The van der Waals surface area contributed by atoms with Gasteiger partial charge in [-0.1, -0.05) is 13.8 Å². The first-order valence-corrected chi connectivity index (χ1v) is 8.68. The van der Waals surface area contributed by atoms with E-state index in [1.165, 1.54) is 13.2 Å². The van der Waals surface area contributed by atoms with E-state index in [1.807, 2.05) is 0 Å². The normalized spacial score (nSPS) is 11.8. The Balaban J connectivity index is 2.89. The maximum absolute atomic E-state index is 12.3. The Morgan fingerprint density at radius 1 is 1.40 bits per heavy atom. The summed E-state index contributed by atoms with van der Waals surface area (Å²) in [5.41, 5.74) is 6.10. The van der Waals surface area contributed by atoms with Crippen LogP contribution in [0.15, 0.2) is 21.5 Å². The predicted molar refractivity (Wildman–Crippen MR) is 84.4 cm³/mol. The first-order chi connectivity index (χ1) is 9.27. The number of nitrogens with one attached hydrogen (secondary N) is 1. The quantitative estimate of drug-likeness (QED) is 0.575. The fraction of sp³-hybridized carbons (Fsp3) is 0.538. The van der Waals surface area contributed by atoms with Gasteiger partial charge in [0.25, 0.3) is 0 Å². The van der Waals surface area contributed by atoms with Crippen molar-refractivity contribution in [3.8, 4) is 5.75 Å². The maximum Gasteiger partial charge on any atom is 0.244 e. The number of sulfonamides is 1. The monoisotopic (exact) mass is 364 g/mol. The summed E-state index contributed by atoms with van der Waals surface area (Å²) in [6.07, 6.45) is 1.77. The fourth-order valence-electron chi connectivity index (χ4n) is 1.71. The summed E-state index contributed by atoms with van der Waals surface area (Å²) in [7, 11) is -2.19. The van der Waals surface area contributed by atoms with Crippen molar-refractivity contribution in [1.82, 2.24) is 4.72 Å². The van der Waals surface area contributed by atoms with Crippen molar-refractivity contribution in [2.45, 2.75) is 31.6 Å². The second kappa shape index (κ2) is 7.28. The second-order valence-corrected chi connectivity index (χ2v) is 7.55. The lowest BCUT2D eigenvalue weighted by Gasteiger charge is -2.13. The molecule has 1 aromatic rings. The number of hydrogen-bond donors (Lipinski definition) is 2. The number of rotatable bonds is 7. The van der Waals surface area contributed by atoms with Crippen molar-refractivity contribution in [3.05, 3.63) is 16.6 Å². The standard InChI is InChI=1S/C13H21BrN2O3S/c1-9(2)5-4-6-16-20(17,18)13-8-11(15)10(14)7-12(13)19-3/h7-9,16H,4-6,15H2,1-3H3. The Morgan fingerprint density at radius 3 is 2.60 bits per heavy atom. The molecule has 0 heterocycles. The van der Waals surface area contributed by atoms with Gasteiger partial charge in [0.1, 0.15) is 10.6 Å². The topological polar surface area (TPSA) is 81.4 Å². The fourth-order valence-corrected chi connectivity index (χ4v) is 3.30. The zero-order valence-corrected chi connectivity index (χ0v) is 14.3. The van der Waals surface area contributed by atoms with Gasteiger partial charge in [-0.3, -0.25) is 0 Å². The van der Waals surface area contributed by atoms with E-state index in [2.05, 4.69) is 34.5 Å². The van der Waals surface area contributed by atoms with E-state index in [1.54, 1.807) is 6.07 Å². The highest BCUT2D eigenvalue weighted by atomic mass is 79.9. The van der Waals surface area contributed by atoms with Crippen molar-refractivity contribution in [2.75, 3.05) is 19.4 Å². The molecule has 0 aromatic heterocycles. The van der Waals surface area contributed by atoms with Gasteiger partial charge in [-0.25, -0.2) is 13.1 Å². The van der Waals surface area contributed by atoms with Crippen LogP contribution in [-0.2, 0) is 10.0 Å². The van der Waals surface area contributed by atoms with Crippen LogP contribution in [0.3, 0.4) is 0 Å². The number of methoxy groups -OCH3 is 1. The summed E-state index contributed by atoms with van der Waals surface area (Å²) in [5.74, 6) is 0.819. The predicted octanol–water partition coefficient (Wildman–Crippen LogP) is 2.75. The van der Waals surface area contributed by atoms with E-state index in [-0.39, 0.29) is 10.6 Å². The molecule has 114 valence electrons. The molecule has 0 aliphatic carbocycles. The van der Waals surface area contributed by atoms with Crippen LogP contribution in [0.4, 0.5) is 5.69 Å². The molecule has 0 amide bonds. The molecule has 1 aromatic carbocycles. The minimum atomic E-state index is -3.62. The Morgan fingerprint density at radius 2 is 2.05 bits per heavy atom. The minimum absolute atomic E-state index is 0.0604. The van der Waals surface area contributed by atoms with E-state index in [0.29, 0.717) is 22.6 Å². The Bertz CT molecular complexity index is 559. The molecule has 0 aliphatic rings. The molecule has 0 aliphatic heterocycles. The second-order valence-electron chi connectivity index (χ2n) is 4.96. The van der Waals surface area contributed by atoms with Gasteiger partial charge < -0.3 is 10.5 Å². The number of nitrogen functional groups attached to an aromatic ring is 1. The number of ether oxygens (including phenoxy) is 1. The molecular formula is C13H21BrN2O3S. The van der Waals surface area contributed by atoms with Gasteiger partial charge in [-0.15, -0.1) is 0 Å². The first-order valence-electron chi connectivity index (χ1n) is 6.40. The molecule has 0 radical (unpaired) electrons. The lowest BCUT2D eigenvalue weighted by molar-refractivity contribution is 0.402. The number of benzene rings is 1. The summed E-state index contributed by atoms with van der Waals surface area (Å²) >= 11 is 3.25. The lowest BCUT2D eigenvalue weighted by Crippen LogP contribution is -2.25. The van der Waals surface area contributed by atoms with Crippen molar-refractivity contribution in [2.24, 2.45) is 5.92 Å². The summed E-state index contributed by atoms with van der Waals surface area (Å²) in [4.78, 5) is 0.0604. The number of hydrogen-bond acceptors (Lipinski definition) is 4. The highest BCUT2D eigenvalue weighted by Gasteiger charge is 2.20. The van der Waals surface area contributed by atoms with Crippen LogP contribution in [0.2, 0.25) is 0 Å². The SMILES string of the molecule is COc1cc(Br)c(N)cc1S(=O)(=O)NCCCC(C)C. The third-order valence-corrected chi connectivity index (χ3v) is 4.99. The maximum atomic E-state index is 12.3. The van der Waals surface area contributed by atoms with Crippen LogP contribution in [-0.4, -0.2) is 22.1 Å². The Labute approximate surface area is 129 Å². The number of anilines is 1. The van der Waals surface area contributed by atoms with E-state index in [4.69, 9.17) is 10.5 Å². The first kappa shape index (κ1) is 17.3. The summed E-state index contributed by atoms with van der Waals surface area (Å²) < 4.78 is 32.8. The highest BCUT2D eigenvalue weighted by Crippen LogP contribution is 2.32.